The van der Waals surface area contributed by atoms with Crippen LogP contribution in [0.3, 0.4) is 0 Å². The third-order valence-electron chi connectivity index (χ3n) is 6.00. The predicted molar refractivity (Wildman–Crippen MR) is 106 cm³/mol. The summed E-state index contributed by atoms with van der Waals surface area (Å²) in [5, 5.41) is 10.6. The van der Waals surface area contributed by atoms with Gasteiger partial charge in [-0.15, -0.1) is 6.58 Å². The van der Waals surface area contributed by atoms with E-state index in [2.05, 4.69) is 6.58 Å². The van der Waals surface area contributed by atoms with Crippen LogP contribution < -0.4 is 0 Å². The molecule has 5 atom stereocenters. The molecule has 28 heavy (non-hydrogen) atoms. The van der Waals surface area contributed by atoms with Crippen molar-refractivity contribution in [2.75, 3.05) is 6.61 Å². The van der Waals surface area contributed by atoms with E-state index in [-0.39, 0.29) is 23.7 Å². The van der Waals surface area contributed by atoms with Gasteiger partial charge in [0.25, 0.3) is 10.1 Å². The minimum absolute atomic E-state index is 0.0216. The lowest BCUT2D eigenvalue weighted by Gasteiger charge is -2.35. The molecule has 2 aliphatic rings. The van der Waals surface area contributed by atoms with Crippen LogP contribution >= 0.6 is 0 Å². The number of ether oxygens (including phenoxy) is 2. The van der Waals surface area contributed by atoms with E-state index in [1.54, 1.807) is 25.1 Å². The van der Waals surface area contributed by atoms with Gasteiger partial charge in [-0.1, -0.05) is 23.8 Å². The van der Waals surface area contributed by atoms with Crippen LogP contribution in [-0.4, -0.2) is 49.6 Å². The fraction of sp³-hybridized carbons (Fsp3) is 0.619. The summed E-state index contributed by atoms with van der Waals surface area (Å²) in [6.45, 7) is 9.13. The molecule has 3 rings (SSSR count). The van der Waals surface area contributed by atoms with Gasteiger partial charge in [-0.3, -0.25) is 4.18 Å². The van der Waals surface area contributed by atoms with E-state index in [0.29, 0.717) is 6.42 Å². The van der Waals surface area contributed by atoms with Gasteiger partial charge in [-0.05, 0) is 58.6 Å². The maximum Gasteiger partial charge on any atom is 0.297 e. The van der Waals surface area contributed by atoms with E-state index in [4.69, 9.17) is 13.7 Å². The largest absolute Gasteiger partial charge is 0.388 e. The molecule has 2 saturated heterocycles. The third kappa shape index (κ3) is 4.33. The molecule has 0 unspecified atom stereocenters. The van der Waals surface area contributed by atoms with Gasteiger partial charge in [-0.25, -0.2) is 0 Å². The second kappa shape index (κ2) is 7.88. The van der Waals surface area contributed by atoms with Gasteiger partial charge in [0.15, 0.2) is 0 Å². The average Bonchev–Trinajstić information content (AvgIpc) is 3.25. The van der Waals surface area contributed by atoms with E-state index in [1.807, 2.05) is 13.8 Å². The first-order chi connectivity index (χ1) is 13.1. The van der Waals surface area contributed by atoms with Crippen LogP contribution in [0.5, 0.6) is 0 Å². The molecule has 0 radical (unpaired) electrons. The Morgan fingerprint density at radius 2 is 1.93 bits per heavy atom. The van der Waals surface area contributed by atoms with Crippen molar-refractivity contribution >= 4 is 10.1 Å². The Hall–Kier alpha value is -1.25. The van der Waals surface area contributed by atoms with Gasteiger partial charge >= 0.3 is 0 Å². The molecule has 0 amide bonds. The Kier molecular flexibility index (Phi) is 6.04. The number of hydrogen-bond acceptors (Lipinski definition) is 6. The van der Waals surface area contributed by atoms with Gasteiger partial charge in [0.1, 0.15) is 6.10 Å². The van der Waals surface area contributed by atoms with Crippen molar-refractivity contribution in [3.05, 3.63) is 42.5 Å². The highest BCUT2D eigenvalue weighted by molar-refractivity contribution is 7.86. The van der Waals surface area contributed by atoms with Crippen molar-refractivity contribution in [1.29, 1.82) is 0 Å². The van der Waals surface area contributed by atoms with Crippen molar-refractivity contribution in [3.63, 3.8) is 0 Å². The summed E-state index contributed by atoms with van der Waals surface area (Å²) >= 11 is 0. The van der Waals surface area contributed by atoms with Crippen LogP contribution in [0.4, 0.5) is 0 Å². The number of rotatable bonds is 7. The number of hydrogen-bond donors (Lipinski definition) is 1. The van der Waals surface area contributed by atoms with Gasteiger partial charge in [0.05, 0.1) is 34.9 Å². The van der Waals surface area contributed by atoms with E-state index < -0.39 is 27.4 Å². The predicted octanol–water partition coefficient (Wildman–Crippen LogP) is 3.12. The quantitative estimate of drug-likeness (QED) is 0.549. The minimum atomic E-state index is -3.93. The minimum Gasteiger partial charge on any atom is -0.388 e. The number of aliphatic hydroxyl groups is 1. The summed E-state index contributed by atoms with van der Waals surface area (Å²) in [6, 6.07) is 6.40. The maximum absolute atomic E-state index is 12.4. The molecular weight excluding hydrogens is 380 g/mol. The van der Waals surface area contributed by atoms with E-state index in [1.165, 1.54) is 12.1 Å². The second-order valence-corrected chi connectivity index (χ2v) is 9.88. The average molecular weight is 411 g/mol. The Labute approximate surface area is 167 Å². The summed E-state index contributed by atoms with van der Waals surface area (Å²) in [4.78, 5) is 0.0722. The number of aliphatic hydroxyl groups excluding tert-OH is 1. The Morgan fingerprint density at radius 3 is 2.54 bits per heavy atom. The lowest BCUT2D eigenvalue weighted by Crippen LogP contribution is -2.46. The molecule has 0 aliphatic carbocycles. The first kappa shape index (κ1) is 21.5. The van der Waals surface area contributed by atoms with Crippen LogP contribution in [-0.2, 0) is 23.8 Å². The van der Waals surface area contributed by atoms with Gasteiger partial charge in [-0.2, -0.15) is 8.42 Å². The highest BCUT2D eigenvalue weighted by Gasteiger charge is 2.51. The third-order valence-corrected chi connectivity index (χ3v) is 7.30. The molecule has 2 heterocycles. The second-order valence-electron chi connectivity index (χ2n) is 8.27. The molecular formula is C21H30O6S. The van der Waals surface area contributed by atoms with Crippen LogP contribution in [0.1, 0.15) is 45.1 Å². The van der Waals surface area contributed by atoms with Gasteiger partial charge in [0.2, 0.25) is 0 Å². The molecule has 0 spiro atoms. The van der Waals surface area contributed by atoms with E-state index in [0.717, 1.165) is 24.8 Å². The zero-order valence-corrected chi connectivity index (χ0v) is 17.6. The highest BCUT2D eigenvalue weighted by Crippen LogP contribution is 2.44. The molecule has 6 nitrogen and oxygen atoms in total. The van der Waals surface area contributed by atoms with E-state index in [9.17, 15) is 13.5 Å². The van der Waals surface area contributed by atoms with Crippen molar-refractivity contribution in [3.8, 4) is 0 Å². The summed E-state index contributed by atoms with van der Waals surface area (Å²) in [5.74, 6) is 0. The lowest BCUT2D eigenvalue weighted by atomic mass is 9.91. The maximum atomic E-state index is 12.4. The molecule has 2 fully saturated rings. The summed E-state index contributed by atoms with van der Waals surface area (Å²) in [7, 11) is -3.93. The smallest absolute Gasteiger partial charge is 0.297 e. The van der Waals surface area contributed by atoms with Crippen LogP contribution in [0.2, 0.25) is 0 Å². The first-order valence-electron chi connectivity index (χ1n) is 9.70. The Bertz CT molecular complexity index is 805. The molecule has 0 bridgehead atoms. The fourth-order valence-corrected chi connectivity index (χ4v) is 4.85. The summed E-state index contributed by atoms with van der Waals surface area (Å²) in [5.41, 5.74) is -0.352. The molecule has 1 N–H and O–H groups in total. The van der Waals surface area contributed by atoms with Crippen molar-refractivity contribution < 1.29 is 27.2 Å². The molecule has 1 aromatic rings. The van der Waals surface area contributed by atoms with E-state index >= 15 is 0 Å². The lowest BCUT2D eigenvalue weighted by molar-refractivity contribution is -0.171. The van der Waals surface area contributed by atoms with Gasteiger partial charge in [0, 0.05) is 0 Å². The Morgan fingerprint density at radius 1 is 1.25 bits per heavy atom. The van der Waals surface area contributed by atoms with Crippen molar-refractivity contribution in [2.45, 2.75) is 80.9 Å². The highest BCUT2D eigenvalue weighted by atomic mass is 32.2. The molecule has 7 heteroatoms. The molecule has 0 aromatic heterocycles. The van der Waals surface area contributed by atoms with Crippen LogP contribution in [0.15, 0.2) is 41.8 Å². The summed E-state index contributed by atoms with van der Waals surface area (Å²) < 4.78 is 42.1. The summed E-state index contributed by atoms with van der Waals surface area (Å²) in [6.07, 6.45) is 3.69. The van der Waals surface area contributed by atoms with Crippen molar-refractivity contribution in [2.24, 2.45) is 0 Å². The Balaban J connectivity index is 1.60. The zero-order chi connectivity index (χ0) is 20.6. The molecule has 0 saturated carbocycles. The monoisotopic (exact) mass is 410 g/mol. The SMILES string of the molecule is C=C[C@@H]1CC[C@@](C)([C@H]2CC[C@@](C)([C@H](O)COS(=O)(=O)c3ccc(C)cc3)O2)O1. The number of aryl methyl sites for hydroxylation is 1. The molecule has 2 aliphatic heterocycles. The first-order valence-corrected chi connectivity index (χ1v) is 11.1. The van der Waals surface area contributed by atoms with Crippen LogP contribution in [0.25, 0.3) is 0 Å². The number of benzene rings is 1. The standard InChI is InChI=1S/C21H30O6S/c1-5-16-10-12-21(4,26-16)19-11-13-20(3,27-19)18(22)14-25-28(23,24)17-8-6-15(2)7-9-17/h5-9,16,18-19,22H,1,10-14H2,2-4H3/t16-,18-,19-,20+,21+/m1/s1. The normalized spacial score (nSPS) is 34.4. The van der Waals surface area contributed by atoms with Crippen molar-refractivity contribution in [1.82, 2.24) is 0 Å². The van der Waals surface area contributed by atoms with Crippen LogP contribution in [0, 0.1) is 6.92 Å². The fourth-order valence-electron chi connectivity index (χ4n) is 3.93. The molecule has 156 valence electrons. The van der Waals surface area contributed by atoms with Gasteiger partial charge < -0.3 is 14.6 Å². The zero-order valence-electron chi connectivity index (χ0n) is 16.8. The topological polar surface area (TPSA) is 82.1 Å². The molecule has 1 aromatic carbocycles.